The Balaban J connectivity index is 1.86. The van der Waals surface area contributed by atoms with Crippen LogP contribution in [0, 0.1) is 12.8 Å². The summed E-state index contributed by atoms with van der Waals surface area (Å²) < 4.78 is 5.50. The molecule has 0 unspecified atom stereocenters. The van der Waals surface area contributed by atoms with Gasteiger partial charge in [-0.3, -0.25) is 0 Å². The van der Waals surface area contributed by atoms with Gasteiger partial charge >= 0.3 is 0 Å². The molecule has 0 aromatic carbocycles. The van der Waals surface area contributed by atoms with Gasteiger partial charge in [0.25, 0.3) is 0 Å². The first-order valence-electron chi connectivity index (χ1n) is 7.65. The fourth-order valence-electron chi connectivity index (χ4n) is 2.64. The molecule has 112 valence electrons. The second-order valence-electron chi connectivity index (χ2n) is 5.34. The van der Waals surface area contributed by atoms with Crippen molar-refractivity contribution in [2.24, 2.45) is 5.92 Å². The predicted octanol–water partition coefficient (Wildman–Crippen LogP) is 2.33. The van der Waals surface area contributed by atoms with E-state index in [2.05, 4.69) is 27.1 Å². The van der Waals surface area contributed by atoms with Crippen LogP contribution in [-0.4, -0.2) is 47.7 Å². The van der Waals surface area contributed by atoms with E-state index in [-0.39, 0.29) is 0 Å². The lowest BCUT2D eigenvalue weighted by molar-refractivity contribution is 0.198. The number of ether oxygens (including phenoxy) is 1. The van der Waals surface area contributed by atoms with E-state index in [1.165, 1.54) is 32.5 Å². The number of nitrogens with one attached hydrogen (secondary N) is 1. The van der Waals surface area contributed by atoms with Crippen LogP contribution in [0.25, 0.3) is 0 Å². The van der Waals surface area contributed by atoms with Crippen molar-refractivity contribution >= 4 is 5.82 Å². The zero-order valence-electron chi connectivity index (χ0n) is 12.9. The molecular formula is C15H26N4O. The average Bonchev–Trinajstić information content (AvgIpc) is 2.49. The second-order valence-corrected chi connectivity index (χ2v) is 5.34. The summed E-state index contributed by atoms with van der Waals surface area (Å²) in [6.45, 7) is 11.4. The van der Waals surface area contributed by atoms with E-state index in [0.717, 1.165) is 23.8 Å². The molecule has 1 aromatic rings. The molecule has 0 saturated carbocycles. The summed E-state index contributed by atoms with van der Waals surface area (Å²) >= 11 is 0. The maximum Gasteiger partial charge on any atom is 0.221 e. The summed E-state index contributed by atoms with van der Waals surface area (Å²) in [7, 11) is 0. The number of rotatable bonds is 6. The molecular weight excluding hydrogens is 252 g/mol. The van der Waals surface area contributed by atoms with Crippen LogP contribution in [0.2, 0.25) is 0 Å². The third-order valence-corrected chi connectivity index (χ3v) is 4.03. The van der Waals surface area contributed by atoms with Gasteiger partial charge in [0.1, 0.15) is 12.1 Å². The van der Waals surface area contributed by atoms with Gasteiger partial charge in [0.05, 0.1) is 12.2 Å². The van der Waals surface area contributed by atoms with E-state index >= 15 is 0 Å². The van der Waals surface area contributed by atoms with Crippen molar-refractivity contribution in [2.45, 2.75) is 33.6 Å². The standard InChI is InChI=1S/C15H26N4O/c1-4-19-8-6-13(7-9-19)10-16-14-12(3)15(20-5-2)18-11-17-14/h11,13H,4-10H2,1-3H3,(H,16,17,18). The first-order valence-corrected chi connectivity index (χ1v) is 7.65. The predicted molar refractivity (Wildman–Crippen MR) is 81.3 cm³/mol. The van der Waals surface area contributed by atoms with Crippen molar-refractivity contribution in [1.29, 1.82) is 0 Å². The molecule has 0 atom stereocenters. The highest BCUT2D eigenvalue weighted by Gasteiger charge is 2.18. The Bertz CT molecular complexity index is 416. The van der Waals surface area contributed by atoms with Crippen molar-refractivity contribution in [3.8, 4) is 5.88 Å². The lowest BCUT2D eigenvalue weighted by Gasteiger charge is -2.31. The first-order chi connectivity index (χ1) is 9.74. The summed E-state index contributed by atoms with van der Waals surface area (Å²) in [6, 6.07) is 0. The highest BCUT2D eigenvalue weighted by Crippen LogP contribution is 2.22. The number of nitrogens with zero attached hydrogens (tertiary/aromatic N) is 3. The number of piperidine rings is 1. The highest BCUT2D eigenvalue weighted by atomic mass is 16.5. The van der Waals surface area contributed by atoms with Crippen molar-refractivity contribution in [3.05, 3.63) is 11.9 Å². The largest absolute Gasteiger partial charge is 0.478 e. The minimum Gasteiger partial charge on any atom is -0.478 e. The molecule has 0 bridgehead atoms. The average molecular weight is 278 g/mol. The van der Waals surface area contributed by atoms with Crippen molar-refractivity contribution < 1.29 is 4.74 Å². The third kappa shape index (κ3) is 3.82. The molecule has 1 saturated heterocycles. The molecule has 0 aliphatic carbocycles. The fourth-order valence-corrected chi connectivity index (χ4v) is 2.64. The van der Waals surface area contributed by atoms with Gasteiger partial charge in [0.15, 0.2) is 0 Å². The quantitative estimate of drug-likeness (QED) is 0.865. The lowest BCUT2D eigenvalue weighted by atomic mass is 9.97. The van der Waals surface area contributed by atoms with Crippen molar-refractivity contribution in [2.75, 3.05) is 38.1 Å². The van der Waals surface area contributed by atoms with Crippen LogP contribution in [0.1, 0.15) is 32.3 Å². The summed E-state index contributed by atoms with van der Waals surface area (Å²) in [5.41, 5.74) is 1.00. The van der Waals surface area contributed by atoms with E-state index in [1.807, 2.05) is 13.8 Å². The molecule has 1 aromatic heterocycles. The molecule has 2 heterocycles. The van der Waals surface area contributed by atoms with Crippen LogP contribution in [0.4, 0.5) is 5.82 Å². The smallest absolute Gasteiger partial charge is 0.221 e. The molecule has 1 N–H and O–H groups in total. The number of anilines is 1. The minimum absolute atomic E-state index is 0.632. The number of likely N-dealkylation sites (tertiary alicyclic amines) is 1. The highest BCUT2D eigenvalue weighted by molar-refractivity contribution is 5.47. The van der Waals surface area contributed by atoms with Gasteiger partial charge in [-0.25, -0.2) is 9.97 Å². The van der Waals surface area contributed by atoms with Crippen LogP contribution in [0.15, 0.2) is 6.33 Å². The SMILES string of the molecule is CCOc1ncnc(NCC2CCN(CC)CC2)c1C. The molecule has 5 heteroatoms. The number of hydrogen-bond donors (Lipinski definition) is 1. The Morgan fingerprint density at radius 2 is 2.05 bits per heavy atom. The molecule has 1 aliphatic heterocycles. The normalized spacial score (nSPS) is 17.1. The Morgan fingerprint density at radius 1 is 1.30 bits per heavy atom. The minimum atomic E-state index is 0.632. The zero-order valence-corrected chi connectivity index (χ0v) is 12.9. The van der Waals surface area contributed by atoms with Crippen LogP contribution in [0.5, 0.6) is 5.88 Å². The van der Waals surface area contributed by atoms with Crippen LogP contribution in [0.3, 0.4) is 0 Å². The Hall–Kier alpha value is -1.36. The van der Waals surface area contributed by atoms with E-state index in [0.29, 0.717) is 12.5 Å². The van der Waals surface area contributed by atoms with Crippen LogP contribution >= 0.6 is 0 Å². The molecule has 0 spiro atoms. The Labute approximate surface area is 121 Å². The zero-order chi connectivity index (χ0) is 14.4. The molecule has 2 rings (SSSR count). The van der Waals surface area contributed by atoms with Crippen molar-refractivity contribution in [3.63, 3.8) is 0 Å². The summed E-state index contributed by atoms with van der Waals surface area (Å²) in [5, 5.41) is 3.46. The van der Waals surface area contributed by atoms with Crippen LogP contribution in [-0.2, 0) is 0 Å². The maximum atomic E-state index is 5.50. The molecule has 20 heavy (non-hydrogen) atoms. The van der Waals surface area contributed by atoms with Gasteiger partial charge in [-0.15, -0.1) is 0 Å². The lowest BCUT2D eigenvalue weighted by Crippen LogP contribution is -2.35. The van der Waals surface area contributed by atoms with Gasteiger partial charge in [-0.1, -0.05) is 6.92 Å². The van der Waals surface area contributed by atoms with Gasteiger partial charge in [-0.05, 0) is 52.2 Å². The third-order valence-electron chi connectivity index (χ3n) is 4.03. The molecule has 5 nitrogen and oxygen atoms in total. The number of hydrogen-bond acceptors (Lipinski definition) is 5. The number of aromatic nitrogens is 2. The van der Waals surface area contributed by atoms with Gasteiger partial charge in [0, 0.05) is 6.54 Å². The summed E-state index contributed by atoms with van der Waals surface area (Å²) in [6.07, 6.45) is 4.10. The molecule has 0 radical (unpaired) electrons. The Morgan fingerprint density at radius 3 is 2.70 bits per heavy atom. The topological polar surface area (TPSA) is 50.3 Å². The molecule has 0 amide bonds. The van der Waals surface area contributed by atoms with E-state index in [4.69, 9.17) is 4.74 Å². The van der Waals surface area contributed by atoms with Crippen LogP contribution < -0.4 is 10.1 Å². The Kier molecular flexibility index (Phi) is 5.59. The van der Waals surface area contributed by atoms with Gasteiger partial charge in [-0.2, -0.15) is 0 Å². The summed E-state index contributed by atoms with van der Waals surface area (Å²) in [4.78, 5) is 11.0. The second kappa shape index (κ2) is 7.43. The first kappa shape index (κ1) is 15.0. The monoisotopic (exact) mass is 278 g/mol. The van der Waals surface area contributed by atoms with Crippen molar-refractivity contribution in [1.82, 2.24) is 14.9 Å². The molecule has 1 fully saturated rings. The van der Waals surface area contributed by atoms with Gasteiger partial charge in [0.2, 0.25) is 5.88 Å². The summed E-state index contributed by atoms with van der Waals surface area (Å²) in [5.74, 6) is 2.33. The fraction of sp³-hybridized carbons (Fsp3) is 0.733. The van der Waals surface area contributed by atoms with E-state index in [9.17, 15) is 0 Å². The van der Waals surface area contributed by atoms with E-state index in [1.54, 1.807) is 6.33 Å². The van der Waals surface area contributed by atoms with Gasteiger partial charge < -0.3 is 15.0 Å². The van der Waals surface area contributed by atoms with E-state index < -0.39 is 0 Å². The maximum absolute atomic E-state index is 5.50. The molecule has 1 aliphatic rings.